The first-order chi connectivity index (χ1) is 21.6. The van der Waals surface area contributed by atoms with Crippen LogP contribution >= 0.6 is 0 Å². The van der Waals surface area contributed by atoms with Crippen molar-refractivity contribution in [2.45, 2.75) is 0 Å². The van der Waals surface area contributed by atoms with E-state index in [0.29, 0.717) is 49.4 Å². The molecule has 1 aromatic heterocycles. The number of morpholine rings is 2. The third kappa shape index (κ3) is 6.96. The standard InChI is InChI=1S/C33H34FN7O3/c1-2-31(42)37-25-8-11-29(34)28(21-25)32-30(36-23-6-9-26(10-7-23)40-12-16-43-17-13-40)22-35-33(39-32)38-24-4-3-5-27(20-24)41-14-18-44-19-15-41/h2-11,20-22,36H,1,12-19H2,(H,37,42)(H,35,38,39). The molecule has 226 valence electrons. The Kier molecular flexibility index (Phi) is 8.95. The van der Waals surface area contributed by atoms with Crippen molar-refractivity contribution in [3.05, 3.63) is 91.4 Å². The number of nitrogens with zero attached hydrogens (tertiary/aromatic N) is 4. The second kappa shape index (κ2) is 13.5. The van der Waals surface area contributed by atoms with Crippen molar-refractivity contribution in [3.8, 4) is 11.3 Å². The Morgan fingerprint density at radius 2 is 1.50 bits per heavy atom. The van der Waals surface area contributed by atoms with Gasteiger partial charge in [0.25, 0.3) is 0 Å². The Morgan fingerprint density at radius 3 is 2.20 bits per heavy atom. The van der Waals surface area contributed by atoms with Crippen LogP contribution in [0.3, 0.4) is 0 Å². The molecule has 44 heavy (non-hydrogen) atoms. The Hall–Kier alpha value is -5.00. The zero-order valence-electron chi connectivity index (χ0n) is 24.3. The number of rotatable bonds is 9. The lowest BCUT2D eigenvalue weighted by Crippen LogP contribution is -2.36. The van der Waals surface area contributed by atoms with E-state index in [4.69, 9.17) is 14.5 Å². The number of carbonyl (C=O) groups is 1. The Bertz CT molecular complexity index is 1620. The van der Waals surface area contributed by atoms with Crippen molar-refractivity contribution < 1.29 is 18.7 Å². The van der Waals surface area contributed by atoms with Crippen LogP contribution in [0.2, 0.25) is 0 Å². The van der Waals surface area contributed by atoms with Gasteiger partial charge in [-0.25, -0.2) is 14.4 Å². The molecule has 0 spiro atoms. The molecule has 0 radical (unpaired) electrons. The van der Waals surface area contributed by atoms with Gasteiger partial charge in [0.15, 0.2) is 0 Å². The smallest absolute Gasteiger partial charge is 0.247 e. The first-order valence-electron chi connectivity index (χ1n) is 14.6. The van der Waals surface area contributed by atoms with Crippen LogP contribution in [0, 0.1) is 5.82 Å². The number of halogens is 1. The van der Waals surface area contributed by atoms with E-state index < -0.39 is 11.7 Å². The molecule has 2 fully saturated rings. The lowest BCUT2D eigenvalue weighted by atomic mass is 10.1. The summed E-state index contributed by atoms with van der Waals surface area (Å²) in [5.74, 6) is -0.593. The summed E-state index contributed by atoms with van der Waals surface area (Å²) in [7, 11) is 0. The van der Waals surface area contributed by atoms with Crippen LogP contribution in [-0.2, 0) is 14.3 Å². The monoisotopic (exact) mass is 595 g/mol. The van der Waals surface area contributed by atoms with Gasteiger partial charge in [-0.2, -0.15) is 0 Å². The lowest BCUT2D eigenvalue weighted by molar-refractivity contribution is -0.111. The lowest BCUT2D eigenvalue weighted by Gasteiger charge is -2.29. The first-order valence-corrected chi connectivity index (χ1v) is 14.6. The van der Waals surface area contributed by atoms with Crippen LogP contribution in [0.1, 0.15) is 0 Å². The topological polar surface area (TPSA) is 104 Å². The summed E-state index contributed by atoms with van der Waals surface area (Å²) in [6.07, 6.45) is 2.79. The van der Waals surface area contributed by atoms with Crippen molar-refractivity contribution in [2.24, 2.45) is 0 Å². The van der Waals surface area contributed by atoms with E-state index in [2.05, 4.69) is 43.4 Å². The summed E-state index contributed by atoms with van der Waals surface area (Å²) in [5, 5.41) is 9.33. The Morgan fingerprint density at radius 1 is 0.818 bits per heavy atom. The van der Waals surface area contributed by atoms with Gasteiger partial charge in [0.2, 0.25) is 11.9 Å². The summed E-state index contributed by atoms with van der Waals surface area (Å²) in [6, 6.07) is 20.3. The number of ether oxygens (including phenoxy) is 2. The van der Waals surface area contributed by atoms with E-state index in [1.807, 2.05) is 42.5 Å². The molecule has 2 aliphatic heterocycles. The molecule has 3 aromatic carbocycles. The molecule has 0 atom stereocenters. The molecule has 4 aromatic rings. The normalized spacial score (nSPS) is 15.0. The minimum absolute atomic E-state index is 0.201. The largest absolute Gasteiger partial charge is 0.378 e. The molecule has 10 nitrogen and oxygen atoms in total. The molecule has 0 unspecified atom stereocenters. The van der Waals surface area contributed by atoms with Gasteiger partial charge in [-0.05, 0) is 66.7 Å². The molecule has 0 bridgehead atoms. The van der Waals surface area contributed by atoms with Crippen LogP contribution in [0.5, 0.6) is 0 Å². The highest BCUT2D eigenvalue weighted by atomic mass is 19.1. The summed E-state index contributed by atoms with van der Waals surface area (Å²) in [4.78, 5) is 25.8. The summed E-state index contributed by atoms with van der Waals surface area (Å²) < 4.78 is 26.4. The molecule has 3 N–H and O–H groups in total. The van der Waals surface area contributed by atoms with Gasteiger partial charge in [0, 0.05) is 60.2 Å². The number of hydrogen-bond acceptors (Lipinski definition) is 9. The van der Waals surface area contributed by atoms with E-state index in [1.54, 1.807) is 12.3 Å². The van der Waals surface area contributed by atoms with Crippen LogP contribution < -0.4 is 25.8 Å². The van der Waals surface area contributed by atoms with Crippen LogP contribution in [0.15, 0.2) is 85.6 Å². The van der Waals surface area contributed by atoms with Gasteiger partial charge in [-0.15, -0.1) is 0 Å². The molecular weight excluding hydrogens is 561 g/mol. The van der Waals surface area contributed by atoms with Gasteiger partial charge < -0.3 is 35.2 Å². The summed E-state index contributed by atoms with van der Waals surface area (Å²) in [6.45, 7) is 9.59. The second-order valence-corrected chi connectivity index (χ2v) is 10.4. The number of nitrogens with one attached hydrogen (secondary N) is 3. The molecule has 3 heterocycles. The molecule has 0 aliphatic carbocycles. The fourth-order valence-electron chi connectivity index (χ4n) is 5.18. The van der Waals surface area contributed by atoms with Gasteiger partial charge >= 0.3 is 0 Å². The highest BCUT2D eigenvalue weighted by Gasteiger charge is 2.18. The van der Waals surface area contributed by atoms with Crippen molar-refractivity contribution in [1.82, 2.24) is 9.97 Å². The summed E-state index contributed by atoms with van der Waals surface area (Å²) in [5.41, 5.74) is 5.21. The fourth-order valence-corrected chi connectivity index (χ4v) is 5.18. The van der Waals surface area contributed by atoms with Crippen molar-refractivity contribution in [2.75, 3.05) is 78.4 Å². The fraction of sp³-hybridized carbons (Fsp3) is 0.242. The van der Waals surface area contributed by atoms with E-state index >= 15 is 4.39 Å². The van der Waals surface area contributed by atoms with E-state index in [-0.39, 0.29) is 5.56 Å². The van der Waals surface area contributed by atoms with Crippen LogP contribution in [0.25, 0.3) is 11.3 Å². The predicted octanol–water partition coefficient (Wildman–Crippen LogP) is 5.57. The maximum Gasteiger partial charge on any atom is 0.247 e. The SMILES string of the molecule is C=CC(=O)Nc1ccc(F)c(-c2nc(Nc3cccc(N4CCOCC4)c3)ncc2Nc2ccc(N3CCOCC3)cc2)c1. The van der Waals surface area contributed by atoms with Crippen LogP contribution in [-0.4, -0.2) is 68.5 Å². The quantitative estimate of drug-likeness (QED) is 0.214. The molecule has 6 rings (SSSR count). The number of aromatic nitrogens is 2. The van der Waals surface area contributed by atoms with E-state index in [0.717, 1.165) is 55.0 Å². The number of carbonyl (C=O) groups excluding carboxylic acids is 1. The maximum absolute atomic E-state index is 15.4. The van der Waals surface area contributed by atoms with Gasteiger partial charge in [0.05, 0.1) is 38.3 Å². The maximum atomic E-state index is 15.4. The Labute approximate surface area is 255 Å². The van der Waals surface area contributed by atoms with Gasteiger partial charge in [-0.3, -0.25) is 4.79 Å². The molecule has 11 heteroatoms. The zero-order chi connectivity index (χ0) is 30.3. The minimum Gasteiger partial charge on any atom is -0.378 e. The van der Waals surface area contributed by atoms with E-state index in [9.17, 15) is 4.79 Å². The van der Waals surface area contributed by atoms with Gasteiger partial charge in [0.1, 0.15) is 11.5 Å². The van der Waals surface area contributed by atoms with Crippen LogP contribution in [0.4, 0.5) is 44.5 Å². The van der Waals surface area contributed by atoms with Gasteiger partial charge in [-0.1, -0.05) is 12.6 Å². The van der Waals surface area contributed by atoms with Crippen molar-refractivity contribution in [1.29, 1.82) is 0 Å². The average Bonchev–Trinajstić information content (AvgIpc) is 3.07. The van der Waals surface area contributed by atoms with Crippen molar-refractivity contribution in [3.63, 3.8) is 0 Å². The number of benzene rings is 3. The number of hydrogen-bond donors (Lipinski definition) is 3. The third-order valence-electron chi connectivity index (χ3n) is 7.46. The molecule has 0 saturated carbocycles. The van der Waals surface area contributed by atoms with E-state index in [1.165, 1.54) is 12.1 Å². The summed E-state index contributed by atoms with van der Waals surface area (Å²) >= 11 is 0. The second-order valence-electron chi connectivity index (χ2n) is 10.4. The Balaban J connectivity index is 1.31. The highest BCUT2D eigenvalue weighted by molar-refractivity contribution is 5.99. The molecular formula is C33H34FN7O3. The molecule has 1 amide bonds. The minimum atomic E-state index is -0.494. The number of anilines is 7. The molecule has 2 saturated heterocycles. The highest BCUT2D eigenvalue weighted by Crippen LogP contribution is 2.34. The first kappa shape index (κ1) is 29.1. The zero-order valence-corrected chi connectivity index (χ0v) is 24.3. The number of amides is 1. The van der Waals surface area contributed by atoms with Crippen molar-refractivity contribution >= 4 is 46.0 Å². The average molecular weight is 596 g/mol. The predicted molar refractivity (Wildman–Crippen MR) is 172 cm³/mol. The molecule has 2 aliphatic rings. The third-order valence-corrected chi connectivity index (χ3v) is 7.46.